The van der Waals surface area contributed by atoms with E-state index in [1.54, 1.807) is 24.3 Å². The van der Waals surface area contributed by atoms with Gasteiger partial charge in [-0.05, 0) is 46.3 Å². The van der Waals surface area contributed by atoms with E-state index in [9.17, 15) is 5.11 Å². The quantitative estimate of drug-likeness (QED) is 0.672. The van der Waals surface area contributed by atoms with E-state index in [2.05, 4.69) is 31.9 Å². The lowest BCUT2D eigenvalue weighted by Crippen LogP contribution is -2.04. The molecule has 1 N–H and O–H groups in total. The summed E-state index contributed by atoms with van der Waals surface area (Å²) in [5.74, 6) is 0.526. The van der Waals surface area contributed by atoms with E-state index in [-0.39, 0.29) is 0 Å². The monoisotopic (exact) mass is 438 g/mol. The molecular formula is C14H10Br2Cl2O2. The number of benzene rings is 2. The molecule has 2 rings (SSSR count). The summed E-state index contributed by atoms with van der Waals surface area (Å²) >= 11 is 18.9. The van der Waals surface area contributed by atoms with Crippen LogP contribution in [0.4, 0.5) is 0 Å². The molecule has 106 valence electrons. The molecule has 0 aliphatic rings. The van der Waals surface area contributed by atoms with Crippen molar-refractivity contribution >= 4 is 55.1 Å². The third-order valence-electron chi connectivity index (χ3n) is 2.79. The molecule has 2 nitrogen and oxygen atoms in total. The van der Waals surface area contributed by atoms with Gasteiger partial charge in [0, 0.05) is 25.6 Å². The number of aliphatic hydroxyl groups excluding tert-OH is 1. The minimum Gasteiger partial charge on any atom is -0.495 e. The van der Waals surface area contributed by atoms with Gasteiger partial charge in [0.15, 0.2) is 0 Å². The smallest absolute Gasteiger partial charge is 0.139 e. The molecule has 0 saturated carbocycles. The van der Waals surface area contributed by atoms with Gasteiger partial charge in [-0.15, -0.1) is 0 Å². The van der Waals surface area contributed by atoms with Crippen LogP contribution in [0.5, 0.6) is 5.75 Å². The Bertz CT molecular complexity index is 647. The highest BCUT2D eigenvalue weighted by atomic mass is 79.9. The van der Waals surface area contributed by atoms with Crippen molar-refractivity contribution < 1.29 is 9.84 Å². The Balaban J connectivity index is 2.58. The van der Waals surface area contributed by atoms with Gasteiger partial charge in [-0.3, -0.25) is 0 Å². The standard InChI is InChI=1S/C14H10Br2Cl2O2/c1-20-14-10(5-8(17)6-11(14)16)13(19)9-4-7(15)2-3-12(9)18/h2-6,13,19H,1H3. The van der Waals surface area contributed by atoms with E-state index in [4.69, 9.17) is 27.9 Å². The molecule has 0 amide bonds. The van der Waals surface area contributed by atoms with Crippen LogP contribution in [0.3, 0.4) is 0 Å². The zero-order valence-corrected chi connectivity index (χ0v) is 15.0. The first-order valence-electron chi connectivity index (χ1n) is 5.60. The van der Waals surface area contributed by atoms with Crippen molar-refractivity contribution in [3.05, 3.63) is 60.4 Å². The molecule has 0 saturated heterocycles. The number of ether oxygens (including phenoxy) is 1. The van der Waals surface area contributed by atoms with Gasteiger partial charge in [0.1, 0.15) is 11.9 Å². The van der Waals surface area contributed by atoms with Gasteiger partial charge in [0.2, 0.25) is 0 Å². The lowest BCUT2D eigenvalue weighted by atomic mass is 10.0. The first kappa shape index (κ1) is 16.1. The van der Waals surface area contributed by atoms with Crippen molar-refractivity contribution in [2.24, 2.45) is 0 Å². The van der Waals surface area contributed by atoms with E-state index < -0.39 is 6.10 Å². The highest BCUT2D eigenvalue weighted by Gasteiger charge is 2.21. The Morgan fingerprint density at radius 1 is 1.10 bits per heavy atom. The van der Waals surface area contributed by atoms with E-state index in [0.717, 1.165) is 4.47 Å². The second-order valence-corrected chi connectivity index (χ2v) is 6.69. The van der Waals surface area contributed by atoms with Crippen LogP contribution in [-0.2, 0) is 0 Å². The summed E-state index contributed by atoms with van der Waals surface area (Å²) in [6.07, 6.45) is -0.940. The molecule has 2 aromatic carbocycles. The third-order valence-corrected chi connectivity index (χ3v) is 4.43. The average molecular weight is 441 g/mol. The SMILES string of the molecule is COc1c(Br)cc(Cl)cc1C(O)c1cc(Br)ccc1Cl. The van der Waals surface area contributed by atoms with Gasteiger partial charge in [-0.25, -0.2) is 0 Å². The number of aliphatic hydroxyl groups is 1. The van der Waals surface area contributed by atoms with Gasteiger partial charge < -0.3 is 9.84 Å². The molecule has 0 aliphatic heterocycles. The van der Waals surface area contributed by atoms with Crippen LogP contribution in [0.2, 0.25) is 10.0 Å². The fourth-order valence-corrected chi connectivity index (χ4v) is 3.49. The highest BCUT2D eigenvalue weighted by molar-refractivity contribution is 9.10. The van der Waals surface area contributed by atoms with E-state index in [1.807, 2.05) is 6.07 Å². The zero-order chi connectivity index (χ0) is 14.9. The molecule has 0 bridgehead atoms. The van der Waals surface area contributed by atoms with Crippen molar-refractivity contribution in [3.63, 3.8) is 0 Å². The Morgan fingerprint density at radius 2 is 1.80 bits per heavy atom. The molecule has 1 unspecified atom stereocenters. The largest absolute Gasteiger partial charge is 0.495 e. The Hall–Kier alpha value is -0.260. The maximum absolute atomic E-state index is 10.6. The summed E-state index contributed by atoms with van der Waals surface area (Å²) in [7, 11) is 1.53. The summed E-state index contributed by atoms with van der Waals surface area (Å²) in [6.45, 7) is 0. The van der Waals surface area contributed by atoms with Crippen LogP contribution in [0.25, 0.3) is 0 Å². The van der Waals surface area contributed by atoms with Gasteiger partial charge in [0.25, 0.3) is 0 Å². The number of hydrogen-bond acceptors (Lipinski definition) is 2. The number of halogens is 4. The minimum absolute atomic E-state index is 0.471. The second kappa shape index (κ2) is 6.67. The van der Waals surface area contributed by atoms with Crippen LogP contribution in [0, 0.1) is 0 Å². The lowest BCUT2D eigenvalue weighted by Gasteiger charge is -2.18. The summed E-state index contributed by atoms with van der Waals surface area (Å²) in [5, 5.41) is 11.6. The summed E-state index contributed by atoms with van der Waals surface area (Å²) in [6, 6.07) is 8.66. The number of hydrogen-bond donors (Lipinski definition) is 1. The normalized spacial score (nSPS) is 12.3. The van der Waals surface area contributed by atoms with Gasteiger partial charge in [-0.1, -0.05) is 39.1 Å². The van der Waals surface area contributed by atoms with Crippen LogP contribution < -0.4 is 4.74 Å². The average Bonchev–Trinajstić information content (AvgIpc) is 2.40. The summed E-state index contributed by atoms with van der Waals surface area (Å²) in [5.41, 5.74) is 1.13. The van der Waals surface area contributed by atoms with Crippen molar-refractivity contribution in [3.8, 4) is 5.75 Å². The number of methoxy groups -OCH3 is 1. The third kappa shape index (κ3) is 3.31. The Labute approximate surface area is 143 Å². The maximum Gasteiger partial charge on any atom is 0.139 e. The van der Waals surface area contributed by atoms with Crippen LogP contribution in [0.15, 0.2) is 39.3 Å². The first-order chi connectivity index (χ1) is 9.43. The molecule has 6 heteroatoms. The van der Waals surface area contributed by atoms with Crippen LogP contribution >= 0.6 is 55.1 Å². The zero-order valence-electron chi connectivity index (χ0n) is 10.3. The minimum atomic E-state index is -0.940. The van der Waals surface area contributed by atoms with Gasteiger partial charge >= 0.3 is 0 Å². The van der Waals surface area contributed by atoms with E-state index >= 15 is 0 Å². The van der Waals surface area contributed by atoms with E-state index in [1.165, 1.54) is 7.11 Å². The molecule has 1 atom stereocenters. The van der Waals surface area contributed by atoms with E-state index in [0.29, 0.717) is 31.4 Å². The fourth-order valence-electron chi connectivity index (χ4n) is 1.89. The molecule has 2 aromatic rings. The van der Waals surface area contributed by atoms with Crippen molar-refractivity contribution in [2.45, 2.75) is 6.10 Å². The Kier molecular flexibility index (Phi) is 5.37. The summed E-state index contributed by atoms with van der Waals surface area (Å²) < 4.78 is 6.83. The molecule has 0 spiro atoms. The highest BCUT2D eigenvalue weighted by Crippen LogP contribution is 2.40. The van der Waals surface area contributed by atoms with Gasteiger partial charge in [0.05, 0.1) is 11.6 Å². The topological polar surface area (TPSA) is 29.5 Å². The molecular weight excluding hydrogens is 431 g/mol. The van der Waals surface area contributed by atoms with Crippen LogP contribution in [-0.4, -0.2) is 12.2 Å². The maximum atomic E-state index is 10.6. The molecule has 0 fully saturated rings. The molecule has 20 heavy (non-hydrogen) atoms. The van der Waals surface area contributed by atoms with Crippen LogP contribution in [0.1, 0.15) is 17.2 Å². The summed E-state index contributed by atoms with van der Waals surface area (Å²) in [4.78, 5) is 0. The van der Waals surface area contributed by atoms with Gasteiger partial charge in [-0.2, -0.15) is 0 Å². The molecule has 0 radical (unpaired) electrons. The fraction of sp³-hybridized carbons (Fsp3) is 0.143. The predicted molar refractivity (Wildman–Crippen MR) is 88.9 cm³/mol. The molecule has 0 aliphatic carbocycles. The predicted octanol–water partition coefficient (Wildman–Crippen LogP) is 5.61. The Morgan fingerprint density at radius 3 is 2.45 bits per heavy atom. The number of rotatable bonds is 3. The van der Waals surface area contributed by atoms with Crippen molar-refractivity contribution in [1.82, 2.24) is 0 Å². The van der Waals surface area contributed by atoms with Crippen molar-refractivity contribution in [1.29, 1.82) is 0 Å². The molecule has 0 heterocycles. The van der Waals surface area contributed by atoms with Crippen molar-refractivity contribution in [2.75, 3.05) is 7.11 Å². The first-order valence-corrected chi connectivity index (χ1v) is 7.94. The molecule has 0 aromatic heterocycles. The lowest BCUT2D eigenvalue weighted by molar-refractivity contribution is 0.214. The second-order valence-electron chi connectivity index (χ2n) is 4.08.